The molecule has 0 spiro atoms. The highest BCUT2D eigenvalue weighted by Crippen LogP contribution is 2.26. The molecule has 1 aliphatic rings. The molecule has 1 fully saturated rings. The molecule has 100 valence electrons. The van der Waals surface area contributed by atoms with E-state index in [1.54, 1.807) is 6.33 Å². The van der Waals surface area contributed by atoms with Crippen molar-refractivity contribution >= 4 is 5.82 Å². The van der Waals surface area contributed by atoms with E-state index in [-0.39, 0.29) is 6.61 Å². The Morgan fingerprint density at radius 3 is 2.83 bits per heavy atom. The predicted octanol–water partition coefficient (Wildman–Crippen LogP) is 2.56. The highest BCUT2D eigenvalue weighted by Gasteiger charge is 2.24. The lowest BCUT2D eigenvalue weighted by Gasteiger charge is -2.31. The third-order valence-corrected chi connectivity index (χ3v) is 3.76. The van der Waals surface area contributed by atoms with E-state index in [9.17, 15) is 5.11 Å². The molecule has 0 saturated heterocycles. The fraction of sp³-hybridized carbons (Fsp3) is 0.714. The number of hydrogen-bond donors (Lipinski definition) is 2. The van der Waals surface area contributed by atoms with Gasteiger partial charge in [-0.25, -0.2) is 9.97 Å². The molecule has 0 aliphatic heterocycles. The second-order valence-corrected chi connectivity index (χ2v) is 5.46. The molecular weight excluding hydrogens is 226 g/mol. The number of anilines is 1. The predicted molar refractivity (Wildman–Crippen MR) is 72.6 cm³/mol. The Labute approximate surface area is 109 Å². The molecule has 1 aromatic heterocycles. The monoisotopic (exact) mass is 249 g/mol. The lowest BCUT2D eigenvalue weighted by Crippen LogP contribution is -2.34. The fourth-order valence-electron chi connectivity index (χ4n) is 2.57. The number of aliphatic hydroxyl groups is 1. The van der Waals surface area contributed by atoms with Crippen LogP contribution >= 0.6 is 0 Å². The maximum Gasteiger partial charge on any atom is 0.129 e. The normalized spacial score (nSPS) is 24.2. The Kier molecular flexibility index (Phi) is 4.53. The standard InChI is InChI=1S/C14H23N3O/c1-10(2)13-7-14(16-9-15-13)17-12-6-4-3-5-11(12)8-18/h7,9-12,18H,3-6,8H2,1-2H3,(H,15,16,17). The van der Waals surface area contributed by atoms with Crippen LogP contribution in [0.15, 0.2) is 12.4 Å². The van der Waals surface area contributed by atoms with Crippen LogP contribution in [0.4, 0.5) is 5.82 Å². The number of hydrogen-bond acceptors (Lipinski definition) is 4. The zero-order valence-electron chi connectivity index (χ0n) is 11.3. The van der Waals surface area contributed by atoms with Gasteiger partial charge in [-0.1, -0.05) is 26.7 Å². The zero-order chi connectivity index (χ0) is 13.0. The zero-order valence-corrected chi connectivity index (χ0v) is 11.3. The Morgan fingerprint density at radius 2 is 2.11 bits per heavy atom. The van der Waals surface area contributed by atoms with Crippen molar-refractivity contribution in [3.05, 3.63) is 18.1 Å². The largest absolute Gasteiger partial charge is 0.396 e. The second kappa shape index (κ2) is 6.14. The summed E-state index contributed by atoms with van der Waals surface area (Å²) in [5.74, 6) is 1.66. The quantitative estimate of drug-likeness (QED) is 0.861. The molecule has 2 rings (SSSR count). The van der Waals surface area contributed by atoms with Gasteiger partial charge in [0.15, 0.2) is 0 Å². The molecule has 4 heteroatoms. The molecule has 1 saturated carbocycles. The Morgan fingerprint density at radius 1 is 1.33 bits per heavy atom. The molecule has 0 radical (unpaired) electrons. The van der Waals surface area contributed by atoms with Gasteiger partial charge in [-0.05, 0) is 18.8 Å². The second-order valence-electron chi connectivity index (χ2n) is 5.46. The summed E-state index contributed by atoms with van der Waals surface area (Å²) in [4.78, 5) is 8.55. The van der Waals surface area contributed by atoms with Crippen molar-refractivity contribution in [1.29, 1.82) is 0 Å². The molecule has 0 aromatic carbocycles. The van der Waals surface area contributed by atoms with Gasteiger partial charge in [0.1, 0.15) is 12.1 Å². The minimum Gasteiger partial charge on any atom is -0.396 e. The van der Waals surface area contributed by atoms with Crippen LogP contribution in [0, 0.1) is 5.92 Å². The van der Waals surface area contributed by atoms with Gasteiger partial charge in [0.05, 0.1) is 0 Å². The van der Waals surface area contributed by atoms with E-state index in [1.807, 2.05) is 6.07 Å². The molecule has 2 N–H and O–H groups in total. The van der Waals surface area contributed by atoms with E-state index in [0.29, 0.717) is 17.9 Å². The maximum atomic E-state index is 9.41. The fourth-order valence-corrected chi connectivity index (χ4v) is 2.57. The third-order valence-electron chi connectivity index (χ3n) is 3.76. The molecule has 1 aliphatic carbocycles. The molecule has 1 aromatic rings. The summed E-state index contributed by atoms with van der Waals surface area (Å²) in [5, 5.41) is 12.9. The first-order chi connectivity index (χ1) is 8.70. The smallest absolute Gasteiger partial charge is 0.129 e. The van der Waals surface area contributed by atoms with E-state index in [1.165, 1.54) is 12.8 Å². The minimum atomic E-state index is 0.264. The van der Waals surface area contributed by atoms with Gasteiger partial charge in [0.25, 0.3) is 0 Å². The van der Waals surface area contributed by atoms with Gasteiger partial charge in [0, 0.05) is 30.3 Å². The number of nitrogens with one attached hydrogen (secondary N) is 1. The first kappa shape index (κ1) is 13.3. The van der Waals surface area contributed by atoms with E-state index >= 15 is 0 Å². The lowest BCUT2D eigenvalue weighted by molar-refractivity contribution is 0.178. The van der Waals surface area contributed by atoms with E-state index < -0.39 is 0 Å². The Bertz CT molecular complexity index is 381. The summed E-state index contributed by atoms with van der Waals surface area (Å²) in [5.41, 5.74) is 1.06. The van der Waals surface area contributed by atoms with Crippen molar-refractivity contribution in [1.82, 2.24) is 9.97 Å². The van der Waals surface area contributed by atoms with Crippen LogP contribution in [0.2, 0.25) is 0 Å². The molecule has 0 amide bonds. The van der Waals surface area contributed by atoms with Crippen LogP contribution < -0.4 is 5.32 Å². The highest BCUT2D eigenvalue weighted by atomic mass is 16.3. The average molecular weight is 249 g/mol. The van der Waals surface area contributed by atoms with Gasteiger partial charge in [-0.15, -0.1) is 0 Å². The first-order valence-electron chi connectivity index (χ1n) is 6.90. The van der Waals surface area contributed by atoms with Gasteiger partial charge < -0.3 is 10.4 Å². The van der Waals surface area contributed by atoms with E-state index in [2.05, 4.69) is 29.1 Å². The van der Waals surface area contributed by atoms with Gasteiger partial charge in [-0.2, -0.15) is 0 Å². The number of rotatable bonds is 4. The highest BCUT2D eigenvalue weighted by molar-refractivity contribution is 5.37. The van der Waals surface area contributed by atoms with Crippen molar-refractivity contribution in [3.63, 3.8) is 0 Å². The summed E-state index contributed by atoms with van der Waals surface area (Å²) in [6.45, 7) is 4.52. The van der Waals surface area contributed by atoms with Crippen LogP contribution in [0.1, 0.15) is 51.1 Å². The summed E-state index contributed by atoms with van der Waals surface area (Å²) < 4.78 is 0. The first-order valence-corrected chi connectivity index (χ1v) is 6.90. The van der Waals surface area contributed by atoms with Crippen LogP contribution in [-0.4, -0.2) is 27.7 Å². The van der Waals surface area contributed by atoms with Crippen LogP contribution in [0.5, 0.6) is 0 Å². The molecule has 4 nitrogen and oxygen atoms in total. The number of aromatic nitrogens is 2. The van der Waals surface area contributed by atoms with Crippen LogP contribution in [-0.2, 0) is 0 Å². The summed E-state index contributed by atoms with van der Waals surface area (Å²) in [7, 11) is 0. The van der Waals surface area contributed by atoms with Gasteiger partial charge in [-0.3, -0.25) is 0 Å². The average Bonchev–Trinajstić information content (AvgIpc) is 2.39. The van der Waals surface area contributed by atoms with Crippen LogP contribution in [0.25, 0.3) is 0 Å². The number of nitrogens with zero attached hydrogens (tertiary/aromatic N) is 2. The van der Waals surface area contributed by atoms with Crippen molar-refractivity contribution in [2.75, 3.05) is 11.9 Å². The lowest BCUT2D eigenvalue weighted by atomic mass is 9.85. The van der Waals surface area contributed by atoms with Crippen molar-refractivity contribution in [2.45, 2.75) is 51.5 Å². The molecule has 18 heavy (non-hydrogen) atoms. The van der Waals surface area contributed by atoms with Crippen LogP contribution in [0.3, 0.4) is 0 Å². The van der Waals surface area contributed by atoms with E-state index in [4.69, 9.17) is 0 Å². The molecular formula is C14H23N3O. The van der Waals surface area contributed by atoms with Crippen molar-refractivity contribution < 1.29 is 5.11 Å². The number of aliphatic hydroxyl groups excluding tert-OH is 1. The topological polar surface area (TPSA) is 58.0 Å². The SMILES string of the molecule is CC(C)c1cc(NC2CCCCC2CO)ncn1. The molecule has 1 heterocycles. The summed E-state index contributed by atoms with van der Waals surface area (Å²) >= 11 is 0. The molecule has 2 unspecified atom stereocenters. The Hall–Kier alpha value is -1.16. The maximum absolute atomic E-state index is 9.41. The van der Waals surface area contributed by atoms with Gasteiger partial charge >= 0.3 is 0 Å². The summed E-state index contributed by atoms with van der Waals surface area (Å²) in [6, 6.07) is 2.37. The third kappa shape index (κ3) is 3.19. The van der Waals surface area contributed by atoms with Crippen molar-refractivity contribution in [2.24, 2.45) is 5.92 Å². The Balaban J connectivity index is 2.05. The van der Waals surface area contributed by atoms with Crippen molar-refractivity contribution in [3.8, 4) is 0 Å². The van der Waals surface area contributed by atoms with E-state index in [0.717, 1.165) is 24.4 Å². The molecule has 0 bridgehead atoms. The minimum absolute atomic E-state index is 0.264. The van der Waals surface area contributed by atoms with Gasteiger partial charge in [0.2, 0.25) is 0 Å². The molecule has 2 atom stereocenters. The summed E-state index contributed by atoms with van der Waals surface area (Å²) in [6.07, 6.45) is 6.30.